The van der Waals surface area contributed by atoms with E-state index in [2.05, 4.69) is 60.7 Å². The molecule has 2 aliphatic carbocycles. The normalized spacial score (nSPS) is 27.7. The summed E-state index contributed by atoms with van der Waals surface area (Å²) in [6.45, 7) is 0. The molecule has 2 aromatic rings. The van der Waals surface area contributed by atoms with Gasteiger partial charge in [0, 0.05) is 0 Å². The summed E-state index contributed by atoms with van der Waals surface area (Å²) < 4.78 is 11.3. The molecule has 3 heteroatoms. The molecule has 2 fully saturated rings. The Kier molecular flexibility index (Phi) is 6.31. The molecule has 2 aromatic carbocycles. The van der Waals surface area contributed by atoms with Gasteiger partial charge in [-0.1, -0.05) is 60.7 Å². The zero-order valence-corrected chi connectivity index (χ0v) is 16.5. The molecule has 0 amide bonds. The summed E-state index contributed by atoms with van der Waals surface area (Å²) in [7, 11) is 0. The first-order valence-electron chi connectivity index (χ1n) is 10.7. The van der Waals surface area contributed by atoms with Gasteiger partial charge in [0.2, 0.25) is 0 Å². The topological polar surface area (TPSA) is 35.5 Å². The van der Waals surface area contributed by atoms with Gasteiger partial charge in [0.05, 0.1) is 0 Å². The van der Waals surface area contributed by atoms with Gasteiger partial charge in [0.25, 0.3) is 0 Å². The fraction of sp³-hybridized carbons (Fsp3) is 0.480. The number of hydrogen-bond donors (Lipinski definition) is 0. The maximum absolute atomic E-state index is 12.2. The minimum Gasteiger partial charge on any atom is -0.431 e. The van der Waals surface area contributed by atoms with Crippen LogP contribution in [-0.2, 0) is 9.47 Å². The standard InChI is InChI=1S/C25H30O3/c26-25(27-23-15-11-21(12-16-23)19-7-3-1-4-8-19)28-24-17-13-22(14-18-24)20-9-5-2-6-10-20/h1-10,21-24H,11-18H2/t21-,22-,23-,24-. The minimum absolute atomic E-state index is 0.00752. The fourth-order valence-electron chi connectivity index (χ4n) is 4.78. The Morgan fingerprint density at radius 1 is 0.571 bits per heavy atom. The van der Waals surface area contributed by atoms with Crippen molar-refractivity contribution >= 4 is 6.16 Å². The zero-order chi connectivity index (χ0) is 19.2. The third kappa shape index (κ3) is 4.95. The molecule has 0 spiro atoms. The van der Waals surface area contributed by atoms with Gasteiger partial charge in [-0.3, -0.25) is 0 Å². The number of carbonyl (C=O) groups is 1. The molecule has 4 rings (SSSR count). The van der Waals surface area contributed by atoms with E-state index in [1.807, 2.05) is 0 Å². The maximum atomic E-state index is 12.2. The van der Waals surface area contributed by atoms with Crippen LogP contribution in [0.1, 0.15) is 74.3 Å². The lowest BCUT2D eigenvalue weighted by atomic mass is 9.83. The average molecular weight is 379 g/mol. The summed E-state index contributed by atoms with van der Waals surface area (Å²) in [5.41, 5.74) is 2.80. The third-order valence-electron chi connectivity index (χ3n) is 6.42. The van der Waals surface area contributed by atoms with E-state index in [1.165, 1.54) is 11.1 Å². The van der Waals surface area contributed by atoms with Crippen molar-refractivity contribution in [2.24, 2.45) is 0 Å². The monoisotopic (exact) mass is 378 g/mol. The molecular formula is C25H30O3. The minimum atomic E-state index is -0.466. The third-order valence-corrected chi connectivity index (χ3v) is 6.42. The highest BCUT2D eigenvalue weighted by molar-refractivity contribution is 5.60. The van der Waals surface area contributed by atoms with Crippen LogP contribution in [0, 0.1) is 0 Å². The first kappa shape index (κ1) is 19.0. The van der Waals surface area contributed by atoms with Crippen LogP contribution in [0.5, 0.6) is 0 Å². The number of benzene rings is 2. The van der Waals surface area contributed by atoms with Crippen LogP contribution in [-0.4, -0.2) is 18.4 Å². The smallest absolute Gasteiger partial charge is 0.431 e. The van der Waals surface area contributed by atoms with Gasteiger partial charge >= 0.3 is 6.16 Å². The van der Waals surface area contributed by atoms with Crippen LogP contribution in [0.15, 0.2) is 60.7 Å². The molecule has 0 bridgehead atoms. The predicted molar refractivity (Wildman–Crippen MR) is 110 cm³/mol. The fourth-order valence-corrected chi connectivity index (χ4v) is 4.78. The molecule has 148 valence electrons. The summed E-state index contributed by atoms with van der Waals surface area (Å²) in [5.74, 6) is 1.18. The van der Waals surface area contributed by atoms with Crippen LogP contribution in [0.2, 0.25) is 0 Å². The quantitative estimate of drug-likeness (QED) is 0.563. The van der Waals surface area contributed by atoms with Gasteiger partial charge in [0.15, 0.2) is 0 Å². The first-order valence-corrected chi connectivity index (χ1v) is 10.7. The largest absolute Gasteiger partial charge is 0.508 e. The molecule has 0 heterocycles. The van der Waals surface area contributed by atoms with Crippen molar-refractivity contribution in [3.63, 3.8) is 0 Å². The molecule has 0 saturated heterocycles. The molecule has 2 aliphatic rings. The molecule has 0 N–H and O–H groups in total. The van der Waals surface area contributed by atoms with E-state index in [9.17, 15) is 4.79 Å². The lowest BCUT2D eigenvalue weighted by Gasteiger charge is -2.30. The van der Waals surface area contributed by atoms with Gasteiger partial charge in [0.1, 0.15) is 12.2 Å². The van der Waals surface area contributed by atoms with Gasteiger partial charge in [-0.05, 0) is 74.3 Å². The Morgan fingerprint density at radius 2 is 0.929 bits per heavy atom. The van der Waals surface area contributed by atoms with Gasteiger partial charge in [-0.25, -0.2) is 4.79 Å². The molecule has 3 nitrogen and oxygen atoms in total. The van der Waals surface area contributed by atoms with E-state index in [0.717, 1.165) is 51.4 Å². The molecule has 0 unspecified atom stereocenters. The van der Waals surface area contributed by atoms with Crippen molar-refractivity contribution in [2.45, 2.75) is 75.4 Å². The van der Waals surface area contributed by atoms with Gasteiger partial charge < -0.3 is 9.47 Å². The summed E-state index contributed by atoms with van der Waals surface area (Å²) >= 11 is 0. The van der Waals surface area contributed by atoms with Crippen molar-refractivity contribution in [3.05, 3.63) is 71.8 Å². The van der Waals surface area contributed by atoms with Crippen molar-refractivity contribution in [2.75, 3.05) is 0 Å². The van der Waals surface area contributed by atoms with Crippen molar-refractivity contribution in [1.29, 1.82) is 0 Å². The average Bonchev–Trinajstić information content (AvgIpc) is 2.76. The summed E-state index contributed by atoms with van der Waals surface area (Å²) in [5, 5.41) is 0. The lowest BCUT2D eigenvalue weighted by Crippen LogP contribution is -2.28. The highest BCUT2D eigenvalue weighted by Crippen LogP contribution is 2.36. The Hall–Kier alpha value is -2.29. The second-order valence-electron chi connectivity index (χ2n) is 8.25. The summed E-state index contributed by atoms with van der Waals surface area (Å²) in [6.07, 6.45) is 7.55. The first-order chi connectivity index (χ1) is 13.8. The van der Waals surface area contributed by atoms with Crippen LogP contribution < -0.4 is 0 Å². The van der Waals surface area contributed by atoms with Crippen LogP contribution in [0.25, 0.3) is 0 Å². The Bertz CT molecular complexity index is 663. The molecule has 0 aromatic heterocycles. The van der Waals surface area contributed by atoms with E-state index in [4.69, 9.17) is 9.47 Å². The second-order valence-corrected chi connectivity index (χ2v) is 8.25. The SMILES string of the molecule is O=C(O[C@H]1CC[C@H](c2ccccc2)CC1)O[C@H]1CC[C@H](c2ccccc2)CC1. The number of carbonyl (C=O) groups excluding carboxylic acids is 1. The molecule has 28 heavy (non-hydrogen) atoms. The maximum Gasteiger partial charge on any atom is 0.508 e. The molecule has 0 radical (unpaired) electrons. The highest BCUT2D eigenvalue weighted by atomic mass is 16.7. The van der Waals surface area contributed by atoms with Crippen LogP contribution >= 0.6 is 0 Å². The van der Waals surface area contributed by atoms with E-state index in [1.54, 1.807) is 0 Å². The molecule has 0 aliphatic heterocycles. The Morgan fingerprint density at radius 3 is 1.29 bits per heavy atom. The number of ether oxygens (including phenoxy) is 2. The molecule has 2 saturated carbocycles. The van der Waals surface area contributed by atoms with Crippen LogP contribution in [0.3, 0.4) is 0 Å². The predicted octanol–water partition coefficient (Wildman–Crippen LogP) is 6.59. The van der Waals surface area contributed by atoms with Gasteiger partial charge in [-0.15, -0.1) is 0 Å². The van der Waals surface area contributed by atoms with Gasteiger partial charge in [-0.2, -0.15) is 0 Å². The number of hydrogen-bond acceptors (Lipinski definition) is 3. The zero-order valence-electron chi connectivity index (χ0n) is 16.5. The lowest BCUT2D eigenvalue weighted by molar-refractivity contribution is -0.0214. The van der Waals surface area contributed by atoms with E-state index in [0.29, 0.717) is 11.8 Å². The summed E-state index contributed by atoms with van der Waals surface area (Å²) in [4.78, 5) is 12.2. The highest BCUT2D eigenvalue weighted by Gasteiger charge is 2.28. The molecule has 0 atom stereocenters. The van der Waals surface area contributed by atoms with E-state index < -0.39 is 6.16 Å². The summed E-state index contributed by atoms with van der Waals surface area (Å²) in [6, 6.07) is 21.3. The van der Waals surface area contributed by atoms with Crippen molar-refractivity contribution in [1.82, 2.24) is 0 Å². The number of rotatable bonds is 4. The van der Waals surface area contributed by atoms with Crippen molar-refractivity contribution < 1.29 is 14.3 Å². The second kappa shape index (κ2) is 9.27. The Labute approximate surface area is 168 Å². The van der Waals surface area contributed by atoms with Crippen LogP contribution in [0.4, 0.5) is 4.79 Å². The Balaban J connectivity index is 1.18. The molecular weight excluding hydrogens is 348 g/mol. The van der Waals surface area contributed by atoms with E-state index in [-0.39, 0.29) is 12.2 Å². The van der Waals surface area contributed by atoms with Crippen molar-refractivity contribution in [3.8, 4) is 0 Å². The van der Waals surface area contributed by atoms with E-state index >= 15 is 0 Å².